The maximum Gasteiger partial charge on any atom is 0.164 e. The summed E-state index contributed by atoms with van der Waals surface area (Å²) in [7, 11) is 0. The van der Waals surface area contributed by atoms with Crippen molar-refractivity contribution in [2.75, 3.05) is 6.54 Å². The molecule has 1 heterocycles. The number of ketones is 1. The third-order valence-electron chi connectivity index (χ3n) is 5.28. The van der Waals surface area contributed by atoms with E-state index < -0.39 is 0 Å². The van der Waals surface area contributed by atoms with Crippen molar-refractivity contribution in [3.05, 3.63) is 114 Å². The number of pyridine rings is 1. The summed E-state index contributed by atoms with van der Waals surface area (Å²) in [6.07, 6.45) is 2.08. The average Bonchev–Trinajstić information content (AvgIpc) is 2.87. The molecule has 4 heteroatoms. The molecule has 32 heavy (non-hydrogen) atoms. The fourth-order valence-electron chi connectivity index (χ4n) is 3.58. The number of nitriles is 1. The quantitative estimate of drug-likeness (QED) is 0.297. The van der Waals surface area contributed by atoms with Crippen LogP contribution >= 0.6 is 0 Å². The summed E-state index contributed by atoms with van der Waals surface area (Å²) in [6.45, 7) is 1.32. The molecule has 0 fully saturated rings. The lowest BCUT2D eigenvalue weighted by Crippen LogP contribution is -2.17. The van der Waals surface area contributed by atoms with E-state index in [-0.39, 0.29) is 5.78 Å². The number of nitrogens with zero attached hydrogens (tertiary/aromatic N) is 2. The van der Waals surface area contributed by atoms with E-state index in [0.29, 0.717) is 25.1 Å². The highest BCUT2D eigenvalue weighted by Crippen LogP contribution is 2.31. The van der Waals surface area contributed by atoms with E-state index in [1.165, 1.54) is 0 Å². The second-order valence-corrected chi connectivity index (χ2v) is 7.51. The lowest BCUT2D eigenvalue weighted by atomic mass is 9.97. The van der Waals surface area contributed by atoms with E-state index in [1.54, 1.807) is 6.20 Å². The molecule has 0 saturated heterocycles. The minimum absolute atomic E-state index is 0.147. The lowest BCUT2D eigenvalue weighted by Gasteiger charge is -2.11. The third kappa shape index (κ3) is 5.15. The summed E-state index contributed by atoms with van der Waals surface area (Å²) in [6, 6.07) is 31.7. The standard InChI is InChI=1S/C28H23N3O/c29-18-22-17-26(23-7-3-1-4-8-23)28(31-20-22)25-13-11-21(12-14-25)19-30-16-15-27(32)24-9-5-2-6-10-24/h1-14,17,20,30H,15-16,19H2. The molecule has 156 valence electrons. The van der Waals surface area contributed by atoms with E-state index in [0.717, 1.165) is 33.5 Å². The first-order valence-corrected chi connectivity index (χ1v) is 10.6. The zero-order valence-corrected chi connectivity index (χ0v) is 17.7. The minimum Gasteiger partial charge on any atom is -0.312 e. The van der Waals surface area contributed by atoms with Crippen molar-refractivity contribution in [1.82, 2.24) is 10.3 Å². The molecule has 0 saturated carbocycles. The highest BCUT2D eigenvalue weighted by molar-refractivity contribution is 5.96. The summed E-state index contributed by atoms with van der Waals surface area (Å²) in [5.41, 5.74) is 6.24. The van der Waals surface area contributed by atoms with Crippen molar-refractivity contribution >= 4 is 5.78 Å². The Hall–Kier alpha value is -4.07. The Balaban J connectivity index is 1.42. The predicted molar refractivity (Wildman–Crippen MR) is 127 cm³/mol. The number of Topliss-reactive ketones (excluding diaryl/α,β-unsaturated/α-hetero) is 1. The van der Waals surface area contributed by atoms with Crippen molar-refractivity contribution in [2.45, 2.75) is 13.0 Å². The molecule has 0 amide bonds. The normalized spacial score (nSPS) is 10.5. The SMILES string of the molecule is N#Cc1cnc(-c2ccc(CNCCC(=O)c3ccccc3)cc2)c(-c2ccccc2)c1. The molecule has 0 aliphatic rings. The Morgan fingerprint density at radius 1 is 0.875 bits per heavy atom. The number of carbonyl (C=O) groups excluding carboxylic acids is 1. The van der Waals surface area contributed by atoms with Gasteiger partial charge in [-0.25, -0.2) is 0 Å². The molecule has 0 bridgehead atoms. The first kappa shape index (κ1) is 21.2. The number of hydrogen-bond acceptors (Lipinski definition) is 4. The van der Waals surface area contributed by atoms with Gasteiger partial charge in [0.2, 0.25) is 0 Å². The summed E-state index contributed by atoms with van der Waals surface area (Å²) < 4.78 is 0. The molecule has 1 N–H and O–H groups in total. The Labute approximate surface area is 188 Å². The van der Waals surface area contributed by atoms with Gasteiger partial charge in [0.25, 0.3) is 0 Å². The van der Waals surface area contributed by atoms with Gasteiger partial charge < -0.3 is 5.32 Å². The summed E-state index contributed by atoms with van der Waals surface area (Å²) in [5, 5.41) is 12.6. The molecule has 4 aromatic rings. The average molecular weight is 418 g/mol. The molecule has 0 aliphatic heterocycles. The maximum atomic E-state index is 12.2. The van der Waals surface area contributed by atoms with Gasteiger partial charge in [0.1, 0.15) is 6.07 Å². The molecular weight excluding hydrogens is 394 g/mol. The van der Waals surface area contributed by atoms with E-state index in [1.807, 2.05) is 78.9 Å². The topological polar surface area (TPSA) is 65.8 Å². The lowest BCUT2D eigenvalue weighted by molar-refractivity contribution is 0.0982. The summed E-state index contributed by atoms with van der Waals surface area (Å²) >= 11 is 0. The Morgan fingerprint density at radius 3 is 2.25 bits per heavy atom. The van der Waals surface area contributed by atoms with Gasteiger partial charge in [-0.1, -0.05) is 84.9 Å². The van der Waals surface area contributed by atoms with Gasteiger partial charge in [-0.05, 0) is 17.2 Å². The Morgan fingerprint density at radius 2 is 1.56 bits per heavy atom. The number of hydrogen-bond donors (Lipinski definition) is 1. The molecule has 1 aromatic heterocycles. The second-order valence-electron chi connectivity index (χ2n) is 7.51. The van der Waals surface area contributed by atoms with Gasteiger partial charge in [-0.3, -0.25) is 9.78 Å². The monoisotopic (exact) mass is 417 g/mol. The number of rotatable bonds is 8. The van der Waals surface area contributed by atoms with Crippen LogP contribution in [0.5, 0.6) is 0 Å². The maximum absolute atomic E-state index is 12.2. The molecule has 4 nitrogen and oxygen atoms in total. The number of nitrogens with one attached hydrogen (secondary N) is 1. The molecule has 0 spiro atoms. The van der Waals surface area contributed by atoms with E-state index >= 15 is 0 Å². The molecule has 4 rings (SSSR count). The van der Waals surface area contributed by atoms with Crippen molar-refractivity contribution in [3.8, 4) is 28.5 Å². The highest BCUT2D eigenvalue weighted by atomic mass is 16.1. The van der Waals surface area contributed by atoms with E-state index in [2.05, 4.69) is 28.5 Å². The van der Waals surface area contributed by atoms with Gasteiger partial charge >= 0.3 is 0 Å². The van der Waals surface area contributed by atoms with Crippen LogP contribution in [0.2, 0.25) is 0 Å². The van der Waals surface area contributed by atoms with Crippen LogP contribution in [0, 0.1) is 11.3 Å². The molecular formula is C28H23N3O. The molecule has 0 atom stereocenters. The summed E-state index contributed by atoms with van der Waals surface area (Å²) in [5.74, 6) is 0.147. The van der Waals surface area contributed by atoms with Crippen LogP contribution < -0.4 is 5.32 Å². The van der Waals surface area contributed by atoms with Crippen LogP contribution in [0.3, 0.4) is 0 Å². The smallest absolute Gasteiger partial charge is 0.164 e. The van der Waals surface area contributed by atoms with Crippen molar-refractivity contribution < 1.29 is 4.79 Å². The largest absolute Gasteiger partial charge is 0.312 e. The number of benzene rings is 3. The van der Waals surface area contributed by atoms with Crippen LogP contribution in [0.1, 0.15) is 27.9 Å². The number of carbonyl (C=O) groups is 1. The molecule has 0 aliphatic carbocycles. The first-order chi connectivity index (χ1) is 15.7. The van der Waals surface area contributed by atoms with Crippen LogP contribution in [-0.4, -0.2) is 17.3 Å². The first-order valence-electron chi connectivity index (χ1n) is 10.6. The highest BCUT2D eigenvalue weighted by Gasteiger charge is 2.11. The molecule has 0 radical (unpaired) electrons. The fraction of sp³-hybridized carbons (Fsp3) is 0.107. The van der Waals surface area contributed by atoms with E-state index in [4.69, 9.17) is 0 Å². The van der Waals surface area contributed by atoms with Crippen LogP contribution in [0.25, 0.3) is 22.4 Å². The predicted octanol–water partition coefficient (Wildman–Crippen LogP) is 5.65. The van der Waals surface area contributed by atoms with Gasteiger partial charge in [-0.2, -0.15) is 5.26 Å². The second kappa shape index (κ2) is 10.3. The van der Waals surface area contributed by atoms with Crippen molar-refractivity contribution in [2.24, 2.45) is 0 Å². The zero-order valence-electron chi connectivity index (χ0n) is 17.7. The number of aromatic nitrogens is 1. The van der Waals surface area contributed by atoms with Gasteiger partial charge in [0.15, 0.2) is 5.78 Å². The van der Waals surface area contributed by atoms with Crippen LogP contribution in [0.4, 0.5) is 0 Å². The molecule has 0 unspecified atom stereocenters. The van der Waals surface area contributed by atoms with Crippen molar-refractivity contribution in [1.29, 1.82) is 5.26 Å². The Bertz CT molecular complexity index is 1230. The summed E-state index contributed by atoms with van der Waals surface area (Å²) in [4.78, 5) is 16.8. The van der Waals surface area contributed by atoms with E-state index in [9.17, 15) is 10.1 Å². The minimum atomic E-state index is 0.147. The van der Waals surface area contributed by atoms with Crippen LogP contribution in [0.15, 0.2) is 97.2 Å². The zero-order chi connectivity index (χ0) is 22.2. The van der Waals surface area contributed by atoms with Gasteiger partial charge in [-0.15, -0.1) is 0 Å². The van der Waals surface area contributed by atoms with Crippen molar-refractivity contribution in [3.63, 3.8) is 0 Å². The van der Waals surface area contributed by atoms with Gasteiger partial charge in [0, 0.05) is 42.4 Å². The third-order valence-corrected chi connectivity index (χ3v) is 5.28. The molecule has 3 aromatic carbocycles. The van der Waals surface area contributed by atoms with Gasteiger partial charge in [0.05, 0.1) is 11.3 Å². The fourth-order valence-corrected chi connectivity index (χ4v) is 3.58. The van der Waals surface area contributed by atoms with Crippen LogP contribution in [-0.2, 0) is 6.54 Å². The Kier molecular flexibility index (Phi) is 6.81.